The molecular formula is C13H12F3N3O2S. The molecule has 2 rings (SSSR count). The maximum absolute atomic E-state index is 12.6. The van der Waals surface area contributed by atoms with E-state index in [1.54, 1.807) is 26.8 Å². The van der Waals surface area contributed by atoms with Crippen LogP contribution in [0.25, 0.3) is 5.69 Å². The van der Waals surface area contributed by atoms with Crippen LogP contribution in [0.15, 0.2) is 15.3 Å². The molecule has 5 nitrogen and oxygen atoms in total. The van der Waals surface area contributed by atoms with Crippen LogP contribution in [0.3, 0.4) is 0 Å². The van der Waals surface area contributed by atoms with Gasteiger partial charge in [-0.15, -0.1) is 5.10 Å². The minimum absolute atomic E-state index is 0.165. The molecule has 0 fully saturated rings. The van der Waals surface area contributed by atoms with Gasteiger partial charge in [0.1, 0.15) is 4.99 Å². The summed E-state index contributed by atoms with van der Waals surface area (Å²) in [5.74, 6) is -2.80. The van der Waals surface area contributed by atoms with E-state index < -0.39 is 17.8 Å². The molecule has 0 atom stereocenters. The lowest BCUT2D eigenvalue weighted by Crippen LogP contribution is -2.19. The summed E-state index contributed by atoms with van der Waals surface area (Å²) in [6.45, 7) is 4.98. The number of nitrogens with zero attached hydrogens (tertiary/aromatic N) is 2. The van der Waals surface area contributed by atoms with Gasteiger partial charge in [-0.1, -0.05) is 12.2 Å². The number of benzene rings is 1. The number of alkyl halides is 3. The lowest BCUT2D eigenvalue weighted by molar-refractivity contribution is -0.157. The monoisotopic (exact) mass is 331 g/mol. The van der Waals surface area contributed by atoms with Crippen LogP contribution in [-0.2, 0) is 6.18 Å². The fraction of sp³-hybridized carbons (Fsp3) is 0.308. The number of nitrogens with two attached hydrogens (primary N) is 1. The first-order chi connectivity index (χ1) is 10.0. The third kappa shape index (κ3) is 2.63. The van der Waals surface area contributed by atoms with Crippen molar-refractivity contribution in [1.82, 2.24) is 9.78 Å². The lowest BCUT2D eigenvalue weighted by atomic mass is 9.97. The molecule has 0 spiro atoms. The zero-order valence-electron chi connectivity index (χ0n) is 11.9. The van der Waals surface area contributed by atoms with Crippen LogP contribution in [0, 0.1) is 20.8 Å². The van der Waals surface area contributed by atoms with E-state index in [0.717, 1.165) is 0 Å². The predicted octanol–water partition coefficient (Wildman–Crippen LogP) is 2.40. The second-order valence-electron chi connectivity index (χ2n) is 4.79. The maximum atomic E-state index is 12.6. The molecule has 0 aliphatic rings. The van der Waals surface area contributed by atoms with Crippen molar-refractivity contribution in [1.29, 1.82) is 0 Å². The van der Waals surface area contributed by atoms with Gasteiger partial charge >= 0.3 is 17.8 Å². The molecule has 0 radical (unpaired) electrons. The summed E-state index contributed by atoms with van der Waals surface area (Å²) >= 11 is 4.93. The number of thiocarbonyl (C=S) groups is 1. The SMILES string of the molecule is Cc1cc(C(N)=S)c(C)c(C)c1-n1nc(C(F)(F)F)oc1=O. The Morgan fingerprint density at radius 2 is 1.91 bits per heavy atom. The van der Waals surface area contributed by atoms with Gasteiger partial charge in [-0.25, -0.2) is 4.79 Å². The predicted molar refractivity (Wildman–Crippen MR) is 77.2 cm³/mol. The van der Waals surface area contributed by atoms with Crippen molar-refractivity contribution in [3.8, 4) is 5.69 Å². The van der Waals surface area contributed by atoms with Crippen LogP contribution >= 0.6 is 12.2 Å². The van der Waals surface area contributed by atoms with Crippen molar-refractivity contribution in [3.63, 3.8) is 0 Å². The highest BCUT2D eigenvalue weighted by Crippen LogP contribution is 2.28. The Kier molecular flexibility index (Phi) is 3.86. The third-order valence-electron chi connectivity index (χ3n) is 3.32. The molecular weight excluding hydrogens is 319 g/mol. The van der Waals surface area contributed by atoms with Gasteiger partial charge < -0.3 is 10.2 Å². The molecule has 118 valence electrons. The van der Waals surface area contributed by atoms with Crippen LogP contribution in [0.5, 0.6) is 0 Å². The molecule has 0 saturated carbocycles. The highest BCUT2D eigenvalue weighted by molar-refractivity contribution is 7.80. The number of hydrogen-bond donors (Lipinski definition) is 1. The second-order valence-corrected chi connectivity index (χ2v) is 5.23. The smallest absolute Gasteiger partial charge is 0.389 e. The highest BCUT2D eigenvalue weighted by Gasteiger charge is 2.39. The average molecular weight is 331 g/mol. The van der Waals surface area contributed by atoms with Gasteiger partial charge in [0.2, 0.25) is 0 Å². The maximum Gasteiger partial charge on any atom is 0.470 e. The van der Waals surface area contributed by atoms with Crippen molar-refractivity contribution in [2.75, 3.05) is 0 Å². The Hall–Kier alpha value is -2.16. The van der Waals surface area contributed by atoms with Gasteiger partial charge in [-0.05, 0) is 43.5 Å². The summed E-state index contributed by atoms with van der Waals surface area (Å²) in [7, 11) is 0. The molecule has 2 N–H and O–H groups in total. The third-order valence-corrected chi connectivity index (χ3v) is 3.54. The molecule has 0 unspecified atom stereocenters. The van der Waals surface area contributed by atoms with Gasteiger partial charge in [-0.2, -0.15) is 17.9 Å². The first-order valence-electron chi connectivity index (χ1n) is 6.12. The van der Waals surface area contributed by atoms with Gasteiger partial charge in [0.15, 0.2) is 0 Å². The number of hydrogen-bond acceptors (Lipinski definition) is 4. The molecule has 9 heteroatoms. The lowest BCUT2D eigenvalue weighted by Gasteiger charge is -2.14. The molecule has 1 aromatic carbocycles. The van der Waals surface area contributed by atoms with Crippen molar-refractivity contribution < 1.29 is 17.6 Å². The largest absolute Gasteiger partial charge is 0.470 e. The molecule has 22 heavy (non-hydrogen) atoms. The molecule has 0 aliphatic heterocycles. The molecule has 0 amide bonds. The van der Waals surface area contributed by atoms with Crippen molar-refractivity contribution in [3.05, 3.63) is 44.8 Å². The molecule has 0 aliphatic carbocycles. The zero-order chi connectivity index (χ0) is 16.8. The summed E-state index contributed by atoms with van der Waals surface area (Å²) in [6, 6.07) is 1.61. The fourth-order valence-electron chi connectivity index (χ4n) is 2.18. The van der Waals surface area contributed by atoms with Crippen LogP contribution in [0.1, 0.15) is 28.1 Å². The fourth-order valence-corrected chi connectivity index (χ4v) is 2.40. The Morgan fingerprint density at radius 3 is 2.36 bits per heavy atom. The normalized spacial score (nSPS) is 11.7. The van der Waals surface area contributed by atoms with Crippen molar-refractivity contribution in [2.24, 2.45) is 5.73 Å². The highest BCUT2D eigenvalue weighted by atomic mass is 32.1. The first kappa shape index (κ1) is 16.2. The van der Waals surface area contributed by atoms with Crippen molar-refractivity contribution in [2.45, 2.75) is 26.9 Å². The first-order valence-corrected chi connectivity index (χ1v) is 6.53. The molecule has 0 bridgehead atoms. The van der Waals surface area contributed by atoms with E-state index in [2.05, 4.69) is 9.52 Å². The average Bonchev–Trinajstić information content (AvgIpc) is 2.76. The minimum Gasteiger partial charge on any atom is -0.389 e. The van der Waals surface area contributed by atoms with Crippen LogP contribution in [-0.4, -0.2) is 14.8 Å². The summed E-state index contributed by atoms with van der Waals surface area (Å²) in [5, 5.41) is 3.24. The Labute approximate surface area is 128 Å². The Morgan fingerprint density at radius 1 is 1.32 bits per heavy atom. The van der Waals surface area contributed by atoms with Crippen LogP contribution in [0.2, 0.25) is 0 Å². The molecule has 2 aromatic rings. The molecule has 0 saturated heterocycles. The van der Waals surface area contributed by atoms with E-state index >= 15 is 0 Å². The standard InChI is InChI=1S/C13H12F3N3O2S/c1-5-4-8(10(17)22)6(2)7(3)9(5)19-12(20)21-11(18-19)13(14,15)16/h4H,1-3H3,(H2,17,22). The number of rotatable bonds is 2. The van der Waals surface area contributed by atoms with Gasteiger partial charge in [-0.3, -0.25) is 0 Å². The zero-order valence-corrected chi connectivity index (χ0v) is 12.7. The van der Waals surface area contributed by atoms with Gasteiger partial charge in [0, 0.05) is 5.56 Å². The van der Waals surface area contributed by atoms with Crippen LogP contribution < -0.4 is 11.5 Å². The van der Waals surface area contributed by atoms with E-state index in [-0.39, 0.29) is 10.7 Å². The quantitative estimate of drug-likeness (QED) is 0.856. The van der Waals surface area contributed by atoms with Crippen LogP contribution in [0.4, 0.5) is 13.2 Å². The minimum atomic E-state index is -4.83. The van der Waals surface area contributed by atoms with Gasteiger partial charge in [0.05, 0.1) is 5.69 Å². The van der Waals surface area contributed by atoms with E-state index in [1.165, 1.54) is 0 Å². The van der Waals surface area contributed by atoms with E-state index in [4.69, 9.17) is 18.0 Å². The number of halogens is 3. The summed E-state index contributed by atoms with van der Waals surface area (Å²) in [5.41, 5.74) is 8.16. The Balaban J connectivity index is 2.75. The molecule has 1 heterocycles. The topological polar surface area (TPSA) is 74.1 Å². The number of aromatic nitrogens is 2. The van der Waals surface area contributed by atoms with E-state index in [9.17, 15) is 18.0 Å². The molecule has 1 aromatic heterocycles. The van der Waals surface area contributed by atoms with E-state index in [0.29, 0.717) is 26.9 Å². The number of aryl methyl sites for hydroxylation is 1. The summed E-state index contributed by atoms with van der Waals surface area (Å²) in [4.78, 5) is 11.9. The summed E-state index contributed by atoms with van der Waals surface area (Å²) in [6.07, 6.45) is -4.83. The summed E-state index contributed by atoms with van der Waals surface area (Å²) < 4.78 is 42.6. The van der Waals surface area contributed by atoms with Gasteiger partial charge in [0.25, 0.3) is 0 Å². The Bertz CT molecular complexity index is 821. The van der Waals surface area contributed by atoms with Crippen molar-refractivity contribution >= 4 is 17.2 Å². The van der Waals surface area contributed by atoms with E-state index in [1.807, 2.05) is 0 Å². The second kappa shape index (κ2) is 5.24.